The first-order valence-corrected chi connectivity index (χ1v) is 11.1. The number of amides is 1. The molecule has 1 atom stereocenters. The van der Waals surface area contributed by atoms with E-state index >= 15 is 0 Å². The second kappa shape index (κ2) is 8.99. The van der Waals surface area contributed by atoms with Crippen LogP contribution in [0.2, 0.25) is 0 Å². The average molecular weight is 443 g/mol. The van der Waals surface area contributed by atoms with Gasteiger partial charge in [0.05, 0.1) is 30.3 Å². The van der Waals surface area contributed by atoms with Crippen molar-refractivity contribution in [1.29, 1.82) is 0 Å². The number of rotatable bonds is 5. The van der Waals surface area contributed by atoms with Gasteiger partial charge in [-0.3, -0.25) is 4.79 Å². The van der Waals surface area contributed by atoms with Crippen LogP contribution in [0.1, 0.15) is 29.6 Å². The lowest BCUT2D eigenvalue weighted by Gasteiger charge is -2.35. The Morgan fingerprint density at radius 2 is 1.97 bits per heavy atom. The number of ether oxygens (including phenoxy) is 1. The Morgan fingerprint density at radius 3 is 2.76 bits per heavy atom. The van der Waals surface area contributed by atoms with Crippen LogP contribution in [0.4, 0.5) is 0 Å². The molecule has 0 bridgehead atoms. The highest BCUT2D eigenvalue weighted by molar-refractivity contribution is 5.96. The molecule has 3 aromatic heterocycles. The molecule has 1 aromatic carbocycles. The number of carbonyl (C=O) groups excluding carboxylic acids is 1. The van der Waals surface area contributed by atoms with Crippen LogP contribution in [0.5, 0.6) is 5.88 Å². The van der Waals surface area contributed by atoms with Crippen molar-refractivity contribution in [2.75, 3.05) is 20.2 Å². The standard InChI is InChI=1S/C25H26N6O2/c1-33-23-14-18(25(32)30-11-6-5-9-19(30)15-26)13-22(28-23)20-16-27-31-12-10-21(29-24(20)31)17-7-3-2-4-8-17/h2-4,7-8,10,12-14,16,19H,5-6,9,11,15,26H2,1H3/t19-/m0/s1. The van der Waals surface area contributed by atoms with Crippen molar-refractivity contribution in [1.82, 2.24) is 24.5 Å². The summed E-state index contributed by atoms with van der Waals surface area (Å²) in [6.45, 7) is 1.17. The Labute approximate surface area is 192 Å². The molecular formula is C25H26N6O2. The van der Waals surface area contributed by atoms with Gasteiger partial charge in [0, 0.05) is 42.5 Å². The minimum atomic E-state index is -0.0542. The lowest BCUT2D eigenvalue weighted by atomic mass is 10.0. The molecule has 0 saturated carbocycles. The molecule has 5 rings (SSSR count). The molecule has 0 aliphatic carbocycles. The summed E-state index contributed by atoms with van der Waals surface area (Å²) < 4.78 is 7.14. The third kappa shape index (κ3) is 4.05. The van der Waals surface area contributed by atoms with Crippen LogP contribution in [-0.4, -0.2) is 56.6 Å². The fourth-order valence-electron chi connectivity index (χ4n) is 4.37. The largest absolute Gasteiger partial charge is 0.481 e. The monoisotopic (exact) mass is 442 g/mol. The minimum absolute atomic E-state index is 0.0542. The summed E-state index contributed by atoms with van der Waals surface area (Å²) in [5, 5.41) is 4.44. The number of hydrogen-bond acceptors (Lipinski definition) is 6. The average Bonchev–Trinajstić information content (AvgIpc) is 3.31. The van der Waals surface area contributed by atoms with E-state index in [0.29, 0.717) is 35.9 Å². The van der Waals surface area contributed by atoms with Crippen molar-refractivity contribution in [2.24, 2.45) is 5.73 Å². The zero-order valence-electron chi connectivity index (χ0n) is 18.5. The highest BCUT2D eigenvalue weighted by Crippen LogP contribution is 2.28. The van der Waals surface area contributed by atoms with E-state index in [0.717, 1.165) is 36.1 Å². The van der Waals surface area contributed by atoms with Crippen molar-refractivity contribution in [3.05, 3.63) is 66.5 Å². The molecule has 0 spiro atoms. The fraction of sp³-hybridized carbons (Fsp3) is 0.280. The molecule has 4 heterocycles. The van der Waals surface area contributed by atoms with Crippen molar-refractivity contribution in [3.8, 4) is 28.4 Å². The first kappa shape index (κ1) is 21.1. The molecule has 8 nitrogen and oxygen atoms in total. The van der Waals surface area contributed by atoms with Gasteiger partial charge >= 0.3 is 0 Å². The number of piperidine rings is 1. The van der Waals surface area contributed by atoms with Crippen molar-refractivity contribution < 1.29 is 9.53 Å². The second-order valence-electron chi connectivity index (χ2n) is 8.17. The Morgan fingerprint density at radius 1 is 1.12 bits per heavy atom. The van der Waals surface area contributed by atoms with E-state index < -0.39 is 0 Å². The van der Waals surface area contributed by atoms with Gasteiger partial charge < -0.3 is 15.4 Å². The first-order valence-electron chi connectivity index (χ1n) is 11.1. The van der Waals surface area contributed by atoms with Gasteiger partial charge in [0.1, 0.15) is 0 Å². The van der Waals surface area contributed by atoms with Gasteiger partial charge in [-0.1, -0.05) is 30.3 Å². The summed E-state index contributed by atoms with van der Waals surface area (Å²) in [6, 6.07) is 15.4. The van der Waals surface area contributed by atoms with E-state index in [1.807, 2.05) is 47.5 Å². The van der Waals surface area contributed by atoms with E-state index in [-0.39, 0.29) is 11.9 Å². The maximum absolute atomic E-state index is 13.4. The van der Waals surface area contributed by atoms with Gasteiger partial charge in [0.25, 0.3) is 5.91 Å². The predicted octanol–water partition coefficient (Wildman–Crippen LogP) is 3.42. The van der Waals surface area contributed by atoms with Crippen LogP contribution in [-0.2, 0) is 0 Å². The van der Waals surface area contributed by atoms with Crippen LogP contribution in [0.25, 0.3) is 28.2 Å². The molecule has 1 amide bonds. The van der Waals surface area contributed by atoms with Crippen molar-refractivity contribution in [2.45, 2.75) is 25.3 Å². The SMILES string of the molecule is COc1cc(C(=O)N2CCCC[C@H]2CN)cc(-c2cnn3ccc(-c4ccccc4)nc23)n1. The fourth-order valence-corrected chi connectivity index (χ4v) is 4.37. The first-order chi connectivity index (χ1) is 16.2. The number of fused-ring (bicyclic) bond motifs is 1. The highest BCUT2D eigenvalue weighted by Gasteiger charge is 2.27. The molecule has 1 fully saturated rings. The number of carbonyl (C=O) groups is 1. The van der Waals surface area contributed by atoms with Crippen molar-refractivity contribution >= 4 is 11.6 Å². The molecule has 1 aliphatic heterocycles. The van der Waals surface area contributed by atoms with E-state index in [2.05, 4.69) is 10.1 Å². The van der Waals surface area contributed by atoms with Gasteiger partial charge in [-0.25, -0.2) is 14.5 Å². The Bertz CT molecular complexity index is 1290. The van der Waals surface area contributed by atoms with Crippen LogP contribution < -0.4 is 10.5 Å². The number of nitrogens with two attached hydrogens (primary N) is 1. The number of aromatic nitrogens is 4. The van der Waals surface area contributed by atoms with E-state index in [4.69, 9.17) is 15.5 Å². The molecule has 8 heteroatoms. The third-order valence-electron chi connectivity index (χ3n) is 6.13. The maximum atomic E-state index is 13.4. The van der Waals surface area contributed by atoms with E-state index in [9.17, 15) is 4.79 Å². The summed E-state index contributed by atoms with van der Waals surface area (Å²) in [5.41, 5.74) is 10.3. The summed E-state index contributed by atoms with van der Waals surface area (Å²) in [6.07, 6.45) is 6.60. The highest BCUT2D eigenvalue weighted by atomic mass is 16.5. The van der Waals surface area contributed by atoms with E-state index in [1.165, 1.54) is 0 Å². The Balaban J connectivity index is 1.57. The molecule has 4 aromatic rings. The molecule has 1 saturated heterocycles. The summed E-state index contributed by atoms with van der Waals surface area (Å²) in [7, 11) is 1.55. The zero-order valence-corrected chi connectivity index (χ0v) is 18.5. The number of nitrogens with zero attached hydrogens (tertiary/aromatic N) is 5. The summed E-state index contributed by atoms with van der Waals surface area (Å²) in [5.74, 6) is 0.317. The third-order valence-corrected chi connectivity index (χ3v) is 6.13. The van der Waals surface area contributed by atoms with E-state index in [1.54, 1.807) is 30.0 Å². The van der Waals surface area contributed by atoms with Crippen LogP contribution in [0.15, 0.2) is 60.9 Å². The summed E-state index contributed by atoms with van der Waals surface area (Å²) >= 11 is 0. The lowest BCUT2D eigenvalue weighted by Crippen LogP contribution is -2.47. The van der Waals surface area contributed by atoms with Gasteiger partial charge in [0.15, 0.2) is 5.65 Å². The molecule has 0 unspecified atom stereocenters. The van der Waals surface area contributed by atoms with Crippen molar-refractivity contribution in [3.63, 3.8) is 0 Å². The maximum Gasteiger partial charge on any atom is 0.254 e. The number of hydrogen-bond donors (Lipinski definition) is 1. The molecular weight excluding hydrogens is 416 g/mol. The minimum Gasteiger partial charge on any atom is -0.481 e. The second-order valence-corrected chi connectivity index (χ2v) is 8.17. The Hall–Kier alpha value is -3.78. The zero-order chi connectivity index (χ0) is 22.8. The van der Waals surface area contributed by atoms with Crippen LogP contribution >= 0.6 is 0 Å². The molecule has 168 valence electrons. The lowest BCUT2D eigenvalue weighted by molar-refractivity contribution is 0.0623. The number of methoxy groups -OCH3 is 1. The van der Waals surface area contributed by atoms with Gasteiger partial charge in [0.2, 0.25) is 5.88 Å². The quantitative estimate of drug-likeness (QED) is 0.509. The Kier molecular flexibility index (Phi) is 5.75. The summed E-state index contributed by atoms with van der Waals surface area (Å²) in [4.78, 5) is 24.7. The smallest absolute Gasteiger partial charge is 0.254 e. The predicted molar refractivity (Wildman–Crippen MR) is 126 cm³/mol. The molecule has 0 radical (unpaired) electrons. The van der Waals surface area contributed by atoms with Gasteiger partial charge in [-0.15, -0.1) is 0 Å². The molecule has 2 N–H and O–H groups in total. The van der Waals surface area contributed by atoms with Crippen LogP contribution in [0.3, 0.4) is 0 Å². The van der Waals surface area contributed by atoms with Crippen LogP contribution in [0, 0.1) is 0 Å². The number of benzene rings is 1. The number of pyridine rings is 1. The molecule has 1 aliphatic rings. The number of likely N-dealkylation sites (tertiary alicyclic amines) is 1. The van der Waals surface area contributed by atoms with Gasteiger partial charge in [-0.05, 0) is 31.4 Å². The normalized spacial score (nSPS) is 16.2. The topological polar surface area (TPSA) is 98.6 Å². The molecule has 33 heavy (non-hydrogen) atoms. The van der Waals surface area contributed by atoms with Gasteiger partial charge in [-0.2, -0.15) is 5.10 Å².